The summed E-state index contributed by atoms with van der Waals surface area (Å²) in [5.41, 5.74) is 9.80. The maximum absolute atomic E-state index is 13.7. The van der Waals surface area contributed by atoms with E-state index in [0.717, 1.165) is 16.7 Å². The normalized spacial score (nSPS) is 15.8. The molecule has 0 aromatic heterocycles. The molecular weight excluding hydrogens is 456 g/mol. The van der Waals surface area contributed by atoms with Gasteiger partial charge < -0.3 is 20.7 Å². The lowest BCUT2D eigenvalue weighted by Gasteiger charge is -2.25. The third kappa shape index (κ3) is 5.84. The number of fused-ring (bicyclic) bond motifs is 1. The molecule has 0 unspecified atom stereocenters. The highest BCUT2D eigenvalue weighted by Crippen LogP contribution is 2.28. The highest BCUT2D eigenvalue weighted by molar-refractivity contribution is 6.20. The number of aliphatic imine (C=N–C) groups is 1. The largest absolute Gasteiger partial charge is 0.464 e. The zero-order valence-corrected chi connectivity index (χ0v) is 20.0. The summed E-state index contributed by atoms with van der Waals surface area (Å²) in [6.07, 6.45) is -0.890. The van der Waals surface area contributed by atoms with Gasteiger partial charge in [0, 0.05) is 18.1 Å². The molecule has 0 saturated heterocycles. The number of nitrogens with two attached hydrogens (primary N) is 1. The molecule has 184 valence electrons. The van der Waals surface area contributed by atoms with E-state index in [1.54, 1.807) is 0 Å². The first-order valence-corrected chi connectivity index (χ1v) is 11.7. The first-order valence-electron chi connectivity index (χ1n) is 11.7. The molecule has 0 bridgehead atoms. The minimum absolute atomic E-state index is 0.00423. The molecule has 2 atom stereocenters. The highest BCUT2D eigenvalue weighted by Gasteiger charge is 2.33. The average molecular weight is 485 g/mol. The second-order valence-electron chi connectivity index (χ2n) is 8.40. The van der Waals surface area contributed by atoms with Gasteiger partial charge in [0.1, 0.15) is 6.61 Å². The van der Waals surface area contributed by atoms with Gasteiger partial charge in [-0.15, -0.1) is 0 Å². The van der Waals surface area contributed by atoms with Gasteiger partial charge in [-0.2, -0.15) is 0 Å². The van der Waals surface area contributed by atoms with Gasteiger partial charge in [-0.25, -0.2) is 4.99 Å². The number of para-hydroxylation sites is 1. The summed E-state index contributed by atoms with van der Waals surface area (Å²) in [5, 5.41) is 2.74. The van der Waals surface area contributed by atoms with Gasteiger partial charge in [0.05, 0.1) is 24.0 Å². The molecule has 36 heavy (non-hydrogen) atoms. The molecule has 1 aliphatic rings. The Morgan fingerprint density at radius 2 is 1.64 bits per heavy atom. The molecular formula is C28H28N4O4. The van der Waals surface area contributed by atoms with Crippen molar-refractivity contribution in [2.45, 2.75) is 25.6 Å². The summed E-state index contributed by atoms with van der Waals surface area (Å²) in [7, 11) is 0. The van der Waals surface area contributed by atoms with E-state index in [9.17, 15) is 14.4 Å². The number of nitrogens with one attached hydrogen (secondary N) is 1. The van der Waals surface area contributed by atoms with Crippen LogP contribution >= 0.6 is 0 Å². The monoisotopic (exact) mass is 484 g/mol. The molecule has 8 heteroatoms. The molecule has 0 fully saturated rings. The number of benzene rings is 3. The fraction of sp³-hybridized carbons (Fsp3) is 0.214. The minimum atomic E-state index is -1.21. The number of ether oxygens (including phenoxy) is 1. The molecule has 0 aliphatic carbocycles. The van der Waals surface area contributed by atoms with E-state index in [4.69, 9.17) is 15.5 Å². The van der Waals surface area contributed by atoms with Crippen molar-refractivity contribution >= 4 is 29.2 Å². The van der Waals surface area contributed by atoms with Gasteiger partial charge in [0.15, 0.2) is 0 Å². The lowest BCUT2D eigenvalue weighted by molar-refractivity contribution is -0.141. The van der Waals surface area contributed by atoms with Crippen molar-refractivity contribution in [2.24, 2.45) is 10.7 Å². The smallest absolute Gasteiger partial charge is 0.302 e. The summed E-state index contributed by atoms with van der Waals surface area (Å²) in [4.78, 5) is 44.3. The van der Waals surface area contributed by atoms with Crippen LogP contribution in [0.4, 0.5) is 5.69 Å². The van der Waals surface area contributed by atoms with Crippen LogP contribution in [0.25, 0.3) is 0 Å². The van der Waals surface area contributed by atoms with Crippen LogP contribution in [-0.4, -0.2) is 48.9 Å². The van der Waals surface area contributed by atoms with E-state index in [-0.39, 0.29) is 13.2 Å². The average Bonchev–Trinajstić information content (AvgIpc) is 3.00. The summed E-state index contributed by atoms with van der Waals surface area (Å²) in [6.45, 7) is 1.42. The van der Waals surface area contributed by atoms with Crippen molar-refractivity contribution < 1.29 is 19.1 Å². The van der Waals surface area contributed by atoms with Gasteiger partial charge in [-0.1, -0.05) is 78.9 Å². The van der Waals surface area contributed by atoms with Crippen LogP contribution in [0.15, 0.2) is 89.9 Å². The summed E-state index contributed by atoms with van der Waals surface area (Å²) < 4.78 is 5.10. The van der Waals surface area contributed by atoms with E-state index in [1.165, 1.54) is 11.8 Å². The van der Waals surface area contributed by atoms with E-state index in [1.807, 2.05) is 84.9 Å². The number of benzodiazepines with no additional fused rings is 1. The van der Waals surface area contributed by atoms with Crippen molar-refractivity contribution in [2.75, 3.05) is 18.1 Å². The van der Waals surface area contributed by atoms with E-state index < -0.39 is 30.0 Å². The number of carbonyl (C=O) groups is 3. The Labute approximate surface area is 209 Å². The second kappa shape index (κ2) is 11.4. The van der Waals surface area contributed by atoms with Crippen molar-refractivity contribution in [3.63, 3.8) is 0 Å². The predicted molar refractivity (Wildman–Crippen MR) is 138 cm³/mol. The fourth-order valence-electron chi connectivity index (χ4n) is 4.06. The van der Waals surface area contributed by atoms with E-state index in [0.29, 0.717) is 17.8 Å². The fourth-order valence-corrected chi connectivity index (χ4v) is 4.06. The number of esters is 1. The molecule has 0 spiro atoms. The predicted octanol–water partition coefficient (Wildman–Crippen LogP) is 2.45. The van der Waals surface area contributed by atoms with Crippen LogP contribution in [0.1, 0.15) is 23.6 Å². The number of anilines is 1. The third-order valence-corrected chi connectivity index (χ3v) is 5.79. The Bertz CT molecular complexity index is 1260. The molecule has 3 aromatic rings. The Kier molecular flexibility index (Phi) is 7.87. The number of amides is 2. The molecule has 3 aromatic carbocycles. The summed E-state index contributed by atoms with van der Waals surface area (Å²) in [6, 6.07) is 25.4. The van der Waals surface area contributed by atoms with Crippen LogP contribution < -0.4 is 16.0 Å². The van der Waals surface area contributed by atoms with Crippen LogP contribution in [0.5, 0.6) is 0 Å². The summed E-state index contributed by atoms with van der Waals surface area (Å²) >= 11 is 0. The second-order valence-corrected chi connectivity index (χ2v) is 8.40. The molecule has 2 amide bonds. The van der Waals surface area contributed by atoms with E-state index in [2.05, 4.69) is 5.32 Å². The van der Waals surface area contributed by atoms with Gasteiger partial charge in [0.25, 0.3) is 5.91 Å². The number of hydrogen-bond donors (Lipinski definition) is 2. The zero-order valence-electron chi connectivity index (χ0n) is 20.0. The quantitative estimate of drug-likeness (QED) is 0.477. The number of rotatable bonds is 8. The van der Waals surface area contributed by atoms with Gasteiger partial charge in [0.2, 0.25) is 12.1 Å². The van der Waals surface area contributed by atoms with Crippen molar-refractivity contribution in [3.05, 3.63) is 102 Å². The lowest BCUT2D eigenvalue weighted by Crippen LogP contribution is -2.52. The molecule has 8 nitrogen and oxygen atoms in total. The number of hydrogen-bond acceptors (Lipinski definition) is 6. The maximum atomic E-state index is 13.7. The third-order valence-electron chi connectivity index (χ3n) is 5.79. The van der Waals surface area contributed by atoms with Crippen molar-refractivity contribution in [3.8, 4) is 0 Å². The van der Waals surface area contributed by atoms with Crippen LogP contribution in [0.2, 0.25) is 0 Å². The van der Waals surface area contributed by atoms with Crippen molar-refractivity contribution in [1.82, 2.24) is 5.32 Å². The Balaban J connectivity index is 1.68. The number of carbonyl (C=O) groups excluding carboxylic acids is 3. The Hall–Kier alpha value is -4.30. The Morgan fingerprint density at radius 1 is 1.00 bits per heavy atom. The lowest BCUT2D eigenvalue weighted by atomic mass is 10.0. The first-order chi connectivity index (χ1) is 17.4. The zero-order chi connectivity index (χ0) is 25.5. The standard InChI is InChI=1S/C28H28N4O4/c1-19(33)36-17-16-32-24-15-9-8-14-22(24)25(21-12-6-3-7-13-21)30-26(28(32)35)31-27(34)23(29)18-20-10-4-2-5-11-20/h2-15,23,26H,16-18,29H2,1H3,(H,31,34)/t23-,26+/m0/s1. The van der Waals surface area contributed by atoms with E-state index >= 15 is 0 Å². The van der Waals surface area contributed by atoms with Gasteiger partial charge >= 0.3 is 5.97 Å². The molecule has 4 rings (SSSR count). The number of nitrogens with zero attached hydrogens (tertiary/aromatic N) is 2. The minimum Gasteiger partial charge on any atom is -0.464 e. The maximum Gasteiger partial charge on any atom is 0.302 e. The summed E-state index contributed by atoms with van der Waals surface area (Å²) in [5.74, 6) is -1.37. The van der Waals surface area contributed by atoms with Crippen LogP contribution in [-0.2, 0) is 25.5 Å². The highest BCUT2D eigenvalue weighted by atomic mass is 16.5. The molecule has 0 radical (unpaired) electrons. The van der Waals surface area contributed by atoms with Crippen molar-refractivity contribution in [1.29, 1.82) is 0 Å². The molecule has 1 aliphatic heterocycles. The van der Waals surface area contributed by atoms with Gasteiger partial charge in [-0.05, 0) is 18.1 Å². The Morgan fingerprint density at radius 3 is 2.33 bits per heavy atom. The topological polar surface area (TPSA) is 114 Å². The molecule has 3 N–H and O–H groups in total. The van der Waals surface area contributed by atoms with Gasteiger partial charge in [-0.3, -0.25) is 14.4 Å². The molecule has 0 saturated carbocycles. The SMILES string of the molecule is CC(=O)OCCN1C(=O)[C@@H](NC(=O)[C@@H](N)Cc2ccccc2)N=C(c2ccccc2)c2ccccc21. The van der Waals surface area contributed by atoms with Crippen LogP contribution in [0, 0.1) is 0 Å². The van der Waals surface area contributed by atoms with Crippen LogP contribution in [0.3, 0.4) is 0 Å². The first kappa shape index (κ1) is 24.8. The molecule has 1 heterocycles.